The minimum Gasteiger partial charge on any atom is -0.386 e. The Labute approximate surface area is 227 Å². The van der Waals surface area contributed by atoms with E-state index < -0.39 is 62.0 Å². The maximum Gasteiger partial charge on any atom is 0.255 e. The van der Waals surface area contributed by atoms with Gasteiger partial charge in [0, 0.05) is 23.5 Å². The fourth-order valence-corrected chi connectivity index (χ4v) is 8.28. The van der Waals surface area contributed by atoms with Crippen molar-refractivity contribution in [2.24, 2.45) is 11.8 Å². The molecule has 3 aromatic rings. The van der Waals surface area contributed by atoms with E-state index in [4.69, 9.17) is 11.6 Å². The van der Waals surface area contributed by atoms with Crippen LogP contribution in [0.2, 0.25) is 5.02 Å². The first-order chi connectivity index (χ1) is 18.4. The third-order valence-electron chi connectivity index (χ3n) is 7.87. The molecule has 12 heteroatoms. The minimum absolute atomic E-state index is 0.0115. The van der Waals surface area contributed by atoms with Gasteiger partial charge in [0.05, 0.1) is 15.2 Å². The number of amides is 1. The SMILES string of the molecule is O=C(Nc1ccc(F)c(F)c1)c1ccc(Cl)c(S(=O)(=O)[C@@H]2C[C@H]3CC[C@@H](C2)[C@@]3(O)C(O)c2ncccc2F)c1. The van der Waals surface area contributed by atoms with Gasteiger partial charge in [-0.05, 0) is 80.0 Å². The number of fused-ring (bicyclic) bond motifs is 2. The maximum atomic E-state index is 14.3. The van der Waals surface area contributed by atoms with E-state index in [1.54, 1.807) is 0 Å². The third kappa shape index (κ3) is 4.82. The molecule has 3 N–H and O–H groups in total. The number of aliphatic hydroxyl groups is 2. The fraction of sp³-hybridized carbons (Fsp3) is 0.333. The van der Waals surface area contributed by atoms with Gasteiger partial charge in [0.1, 0.15) is 23.2 Å². The number of anilines is 1. The maximum absolute atomic E-state index is 14.3. The zero-order chi connectivity index (χ0) is 28.1. The summed E-state index contributed by atoms with van der Waals surface area (Å²) >= 11 is 6.25. The second kappa shape index (κ2) is 10.2. The summed E-state index contributed by atoms with van der Waals surface area (Å²) in [4.78, 5) is 16.4. The molecule has 5 atom stereocenters. The van der Waals surface area contributed by atoms with Crippen LogP contribution in [0.3, 0.4) is 0 Å². The van der Waals surface area contributed by atoms with Crippen molar-refractivity contribution in [2.75, 3.05) is 5.32 Å². The van der Waals surface area contributed by atoms with Gasteiger partial charge in [0.2, 0.25) is 0 Å². The van der Waals surface area contributed by atoms with Crippen molar-refractivity contribution in [3.63, 3.8) is 0 Å². The summed E-state index contributed by atoms with van der Waals surface area (Å²) < 4.78 is 68.5. The van der Waals surface area contributed by atoms with Gasteiger partial charge in [-0.1, -0.05) is 11.6 Å². The highest BCUT2D eigenvalue weighted by Gasteiger charge is 2.60. The van der Waals surface area contributed by atoms with Crippen LogP contribution in [0, 0.1) is 29.3 Å². The van der Waals surface area contributed by atoms with Crippen molar-refractivity contribution < 1.29 is 36.6 Å². The van der Waals surface area contributed by atoms with Crippen molar-refractivity contribution >= 4 is 33.0 Å². The summed E-state index contributed by atoms with van der Waals surface area (Å²) in [6.07, 6.45) is 0.518. The van der Waals surface area contributed by atoms with Crippen LogP contribution < -0.4 is 5.32 Å². The normalized spacial score (nSPS) is 25.3. The van der Waals surface area contributed by atoms with E-state index in [0.29, 0.717) is 12.8 Å². The van der Waals surface area contributed by atoms with Crippen molar-refractivity contribution in [2.45, 2.75) is 47.5 Å². The molecule has 0 aliphatic heterocycles. The Morgan fingerprint density at radius 2 is 1.72 bits per heavy atom. The lowest BCUT2D eigenvalue weighted by Crippen LogP contribution is -2.52. The smallest absolute Gasteiger partial charge is 0.255 e. The average Bonchev–Trinajstić information content (AvgIpc) is 3.06. The van der Waals surface area contributed by atoms with Crippen LogP contribution in [-0.2, 0) is 9.84 Å². The lowest BCUT2D eigenvalue weighted by molar-refractivity contribution is -0.146. The molecule has 2 aliphatic rings. The molecule has 0 saturated heterocycles. The average molecular weight is 581 g/mol. The molecule has 1 aromatic heterocycles. The standard InChI is InChI=1S/C27H24ClF3N2O5S/c28-19-7-3-14(26(35)33-17-6-8-20(29)22(31)13-17)10-23(19)39(37,38)18-11-15-4-5-16(12-18)27(15,36)25(34)24-21(30)2-1-9-32-24/h1-3,6-10,13,15-16,18,25,34,36H,4-5,11-12H2,(H,33,35)/t15-,16+,18-,25?,27-. The highest BCUT2D eigenvalue weighted by molar-refractivity contribution is 7.92. The van der Waals surface area contributed by atoms with Crippen molar-refractivity contribution in [3.05, 3.63) is 88.5 Å². The van der Waals surface area contributed by atoms with Crippen molar-refractivity contribution in [3.8, 4) is 0 Å². The number of halogens is 4. The molecule has 1 amide bonds. The van der Waals surface area contributed by atoms with Crippen molar-refractivity contribution in [1.82, 2.24) is 4.98 Å². The molecule has 39 heavy (non-hydrogen) atoms. The Kier molecular flexibility index (Phi) is 7.21. The predicted octanol–water partition coefficient (Wildman–Crippen LogP) is 4.83. The summed E-state index contributed by atoms with van der Waals surface area (Å²) in [5.41, 5.74) is -2.14. The van der Waals surface area contributed by atoms with Crippen LogP contribution in [0.1, 0.15) is 47.8 Å². The quantitative estimate of drug-likeness (QED) is 0.384. The Morgan fingerprint density at radius 3 is 2.36 bits per heavy atom. The molecule has 0 spiro atoms. The number of hydrogen-bond donors (Lipinski definition) is 3. The van der Waals surface area contributed by atoms with E-state index in [2.05, 4.69) is 10.3 Å². The summed E-state index contributed by atoms with van der Waals surface area (Å²) in [5, 5.41) is 23.8. The van der Waals surface area contributed by atoms with E-state index in [1.807, 2.05) is 0 Å². The number of nitrogens with zero attached hydrogens (tertiary/aromatic N) is 1. The number of nitrogens with one attached hydrogen (secondary N) is 1. The molecule has 7 nitrogen and oxygen atoms in total. The van der Waals surface area contributed by atoms with Gasteiger partial charge >= 0.3 is 0 Å². The highest BCUT2D eigenvalue weighted by atomic mass is 35.5. The first-order valence-corrected chi connectivity index (χ1v) is 14.2. The van der Waals surface area contributed by atoms with Gasteiger partial charge in [-0.2, -0.15) is 0 Å². The first kappa shape index (κ1) is 27.6. The lowest BCUT2D eigenvalue weighted by Gasteiger charge is -2.45. The van der Waals surface area contributed by atoms with Crippen LogP contribution >= 0.6 is 11.6 Å². The summed E-state index contributed by atoms with van der Waals surface area (Å²) in [6, 6.07) is 8.98. The molecular formula is C27H24ClF3N2O5S. The molecule has 2 aromatic carbocycles. The zero-order valence-electron chi connectivity index (χ0n) is 20.3. The third-order valence-corrected chi connectivity index (χ3v) is 10.5. The Hall–Kier alpha value is -2.99. The van der Waals surface area contributed by atoms with E-state index in [-0.39, 0.29) is 39.7 Å². The molecule has 5 rings (SSSR count). The van der Waals surface area contributed by atoms with Gasteiger partial charge in [-0.3, -0.25) is 9.78 Å². The van der Waals surface area contributed by atoms with Crippen LogP contribution in [0.4, 0.5) is 18.9 Å². The van der Waals surface area contributed by atoms with Gasteiger partial charge in [0.25, 0.3) is 5.91 Å². The topological polar surface area (TPSA) is 117 Å². The fourth-order valence-electron chi connectivity index (χ4n) is 5.88. The van der Waals surface area contributed by atoms with Crippen molar-refractivity contribution in [1.29, 1.82) is 0 Å². The Bertz CT molecular complexity index is 1540. The van der Waals surface area contributed by atoms with E-state index in [9.17, 15) is 36.6 Å². The number of aliphatic hydroxyl groups excluding tert-OH is 1. The van der Waals surface area contributed by atoms with Gasteiger partial charge < -0.3 is 15.5 Å². The van der Waals surface area contributed by atoms with Crippen LogP contribution in [-0.4, -0.2) is 40.4 Å². The molecule has 1 heterocycles. The molecule has 1 unspecified atom stereocenters. The number of hydrogen-bond acceptors (Lipinski definition) is 6. The second-order valence-electron chi connectivity index (χ2n) is 10.00. The Balaban J connectivity index is 1.39. The molecule has 2 fully saturated rings. The summed E-state index contributed by atoms with van der Waals surface area (Å²) in [6.45, 7) is 0. The lowest BCUT2D eigenvalue weighted by atomic mass is 9.70. The number of carbonyl (C=O) groups is 1. The van der Waals surface area contributed by atoms with Gasteiger partial charge in [-0.25, -0.2) is 21.6 Å². The number of pyridine rings is 1. The number of sulfone groups is 1. The number of rotatable bonds is 6. The number of carbonyl (C=O) groups excluding carboxylic acids is 1. The molecule has 2 aliphatic carbocycles. The molecule has 2 saturated carbocycles. The highest BCUT2D eigenvalue weighted by Crippen LogP contribution is 2.56. The number of aromatic nitrogens is 1. The summed E-state index contributed by atoms with van der Waals surface area (Å²) in [7, 11) is -4.11. The number of benzene rings is 2. The summed E-state index contributed by atoms with van der Waals surface area (Å²) in [5.74, 6) is -5.06. The minimum atomic E-state index is -4.11. The second-order valence-corrected chi connectivity index (χ2v) is 12.6. The molecule has 206 valence electrons. The molecular weight excluding hydrogens is 557 g/mol. The first-order valence-electron chi connectivity index (χ1n) is 12.2. The Morgan fingerprint density at radius 1 is 1.03 bits per heavy atom. The zero-order valence-corrected chi connectivity index (χ0v) is 21.9. The van der Waals surface area contributed by atoms with E-state index in [1.165, 1.54) is 24.4 Å². The predicted molar refractivity (Wildman–Crippen MR) is 136 cm³/mol. The van der Waals surface area contributed by atoms with Gasteiger partial charge in [-0.15, -0.1) is 0 Å². The molecule has 2 bridgehead atoms. The molecule has 0 radical (unpaired) electrons. The van der Waals surface area contributed by atoms with Gasteiger partial charge in [0.15, 0.2) is 21.5 Å². The van der Waals surface area contributed by atoms with Crippen LogP contribution in [0.25, 0.3) is 0 Å². The van der Waals surface area contributed by atoms with Crippen LogP contribution in [0.15, 0.2) is 59.6 Å². The van der Waals surface area contributed by atoms with E-state index in [0.717, 1.165) is 30.3 Å². The monoisotopic (exact) mass is 580 g/mol. The largest absolute Gasteiger partial charge is 0.386 e. The van der Waals surface area contributed by atoms with E-state index >= 15 is 0 Å². The van der Waals surface area contributed by atoms with Crippen LogP contribution in [0.5, 0.6) is 0 Å².